The molecule has 0 bridgehead atoms. The lowest BCUT2D eigenvalue weighted by Crippen LogP contribution is -2.44. The van der Waals surface area contributed by atoms with E-state index in [1.165, 1.54) is 6.42 Å². The Bertz CT molecular complexity index is 870. The maximum Gasteiger partial charge on any atom is 0.273 e. The van der Waals surface area contributed by atoms with Gasteiger partial charge in [0.1, 0.15) is 5.69 Å². The summed E-state index contributed by atoms with van der Waals surface area (Å²) in [5.74, 6) is 0.120. The van der Waals surface area contributed by atoms with Crippen molar-refractivity contribution in [2.75, 3.05) is 6.54 Å². The van der Waals surface area contributed by atoms with Crippen LogP contribution in [0.15, 0.2) is 36.0 Å². The van der Waals surface area contributed by atoms with E-state index in [9.17, 15) is 4.79 Å². The van der Waals surface area contributed by atoms with Crippen LogP contribution in [0.3, 0.4) is 0 Å². The Morgan fingerprint density at radius 1 is 1.36 bits per heavy atom. The number of fused-ring (bicyclic) bond motifs is 1. The minimum atomic E-state index is 0.120. The molecule has 1 saturated heterocycles. The van der Waals surface area contributed by atoms with Crippen LogP contribution < -0.4 is 0 Å². The molecule has 0 aliphatic carbocycles. The number of likely N-dealkylation sites (tertiary alicyclic amines) is 1. The molecular weight excluding hydrogens is 332 g/mol. The number of piperidine rings is 1. The van der Waals surface area contributed by atoms with Gasteiger partial charge in [-0.2, -0.15) is 0 Å². The van der Waals surface area contributed by atoms with Gasteiger partial charge in [0.25, 0.3) is 5.91 Å². The highest BCUT2D eigenvalue weighted by molar-refractivity contribution is 7.15. The third-order valence-corrected chi connectivity index (χ3v) is 5.74. The van der Waals surface area contributed by atoms with Crippen molar-refractivity contribution in [3.05, 3.63) is 53.1 Å². The highest BCUT2D eigenvalue weighted by atomic mass is 32.1. The molecule has 0 unspecified atom stereocenters. The van der Waals surface area contributed by atoms with E-state index in [0.717, 1.165) is 54.3 Å². The lowest BCUT2D eigenvalue weighted by Gasteiger charge is -2.36. The van der Waals surface area contributed by atoms with Crippen LogP contribution in [0.1, 0.15) is 47.6 Å². The molecule has 4 heterocycles. The molecule has 1 atom stereocenters. The van der Waals surface area contributed by atoms with Crippen molar-refractivity contribution in [2.45, 2.75) is 45.1 Å². The standard InChI is InChI=1S/C19H22N4OS/c1-14-17(23-12-13-25-19(23)21-14)18(24)22-11-5-3-7-16(22)9-8-15-6-2-4-10-20-15/h2,4,6,10,12-13,16H,3,5,7-9,11H2,1H3/t16-/m1/s1. The molecule has 0 radical (unpaired) electrons. The first-order valence-corrected chi connectivity index (χ1v) is 9.75. The molecular formula is C19H22N4OS. The molecule has 3 aromatic rings. The van der Waals surface area contributed by atoms with E-state index >= 15 is 0 Å². The second kappa shape index (κ2) is 6.96. The summed E-state index contributed by atoms with van der Waals surface area (Å²) in [7, 11) is 0. The first-order valence-electron chi connectivity index (χ1n) is 8.87. The van der Waals surface area contributed by atoms with Gasteiger partial charge in [0.15, 0.2) is 4.96 Å². The Kier molecular flexibility index (Phi) is 4.53. The Morgan fingerprint density at radius 3 is 3.12 bits per heavy atom. The lowest BCUT2D eigenvalue weighted by molar-refractivity contribution is 0.0593. The van der Waals surface area contributed by atoms with Gasteiger partial charge < -0.3 is 4.90 Å². The van der Waals surface area contributed by atoms with Crippen LogP contribution >= 0.6 is 11.3 Å². The van der Waals surface area contributed by atoms with Crippen molar-refractivity contribution in [3.8, 4) is 0 Å². The zero-order chi connectivity index (χ0) is 17.2. The lowest BCUT2D eigenvalue weighted by atomic mass is 9.96. The van der Waals surface area contributed by atoms with Gasteiger partial charge >= 0.3 is 0 Å². The fourth-order valence-corrected chi connectivity index (χ4v) is 4.48. The summed E-state index contributed by atoms with van der Waals surface area (Å²) in [6, 6.07) is 6.31. The Labute approximate surface area is 151 Å². The highest BCUT2D eigenvalue weighted by Crippen LogP contribution is 2.25. The Hall–Kier alpha value is -2.21. The number of amides is 1. The molecule has 0 N–H and O–H groups in total. The summed E-state index contributed by atoms with van der Waals surface area (Å²) in [4.78, 5) is 25.2. The number of carbonyl (C=O) groups is 1. The monoisotopic (exact) mass is 354 g/mol. The number of hydrogen-bond acceptors (Lipinski definition) is 4. The number of aryl methyl sites for hydroxylation is 2. The van der Waals surface area contributed by atoms with Gasteiger partial charge in [0, 0.05) is 36.1 Å². The van der Waals surface area contributed by atoms with E-state index in [2.05, 4.69) is 20.9 Å². The first-order chi connectivity index (χ1) is 12.2. The Morgan fingerprint density at radius 2 is 2.28 bits per heavy atom. The van der Waals surface area contributed by atoms with E-state index in [4.69, 9.17) is 0 Å². The fraction of sp³-hybridized carbons (Fsp3) is 0.421. The SMILES string of the molecule is Cc1nc2sccn2c1C(=O)N1CCCC[C@@H]1CCc1ccccn1. The average molecular weight is 354 g/mol. The zero-order valence-corrected chi connectivity index (χ0v) is 15.2. The van der Waals surface area contributed by atoms with Crippen molar-refractivity contribution in [3.63, 3.8) is 0 Å². The van der Waals surface area contributed by atoms with E-state index in [-0.39, 0.29) is 11.9 Å². The molecule has 6 heteroatoms. The number of carbonyl (C=O) groups excluding carboxylic acids is 1. The van der Waals surface area contributed by atoms with Crippen molar-refractivity contribution in [2.24, 2.45) is 0 Å². The van der Waals surface area contributed by atoms with Crippen LogP contribution in [0.2, 0.25) is 0 Å². The number of rotatable bonds is 4. The topological polar surface area (TPSA) is 50.5 Å². The highest BCUT2D eigenvalue weighted by Gasteiger charge is 2.30. The molecule has 1 aliphatic heterocycles. The molecule has 5 nitrogen and oxygen atoms in total. The van der Waals surface area contributed by atoms with Crippen molar-refractivity contribution in [1.82, 2.24) is 19.3 Å². The second-order valence-corrected chi connectivity index (χ2v) is 7.48. The maximum atomic E-state index is 13.3. The summed E-state index contributed by atoms with van der Waals surface area (Å²) < 4.78 is 1.94. The van der Waals surface area contributed by atoms with Crippen LogP contribution in [-0.4, -0.2) is 37.8 Å². The minimum Gasteiger partial charge on any atom is -0.334 e. The molecule has 0 aromatic carbocycles. The van der Waals surface area contributed by atoms with Crippen molar-refractivity contribution in [1.29, 1.82) is 0 Å². The molecule has 130 valence electrons. The molecule has 1 aliphatic rings. The molecule has 1 fully saturated rings. The van der Waals surface area contributed by atoms with E-state index < -0.39 is 0 Å². The first kappa shape index (κ1) is 16.3. The number of nitrogens with zero attached hydrogens (tertiary/aromatic N) is 4. The predicted molar refractivity (Wildman–Crippen MR) is 99.0 cm³/mol. The predicted octanol–water partition coefficient (Wildman–Crippen LogP) is 3.73. The van der Waals surface area contributed by atoms with Gasteiger partial charge in [0.05, 0.1) is 5.69 Å². The van der Waals surface area contributed by atoms with Gasteiger partial charge in [-0.25, -0.2) is 4.98 Å². The molecule has 0 saturated carbocycles. The summed E-state index contributed by atoms with van der Waals surface area (Å²) in [5.41, 5.74) is 2.65. The minimum absolute atomic E-state index is 0.120. The Balaban J connectivity index is 1.55. The van der Waals surface area contributed by atoms with E-state index in [0.29, 0.717) is 0 Å². The summed E-state index contributed by atoms with van der Waals surface area (Å²) in [5, 5.41) is 1.98. The summed E-state index contributed by atoms with van der Waals surface area (Å²) in [6.07, 6.45) is 9.00. The maximum absolute atomic E-state index is 13.3. The molecule has 4 rings (SSSR count). The van der Waals surface area contributed by atoms with Crippen LogP contribution in [-0.2, 0) is 6.42 Å². The quantitative estimate of drug-likeness (QED) is 0.717. The number of imidazole rings is 1. The van der Waals surface area contributed by atoms with Crippen molar-refractivity contribution >= 4 is 22.2 Å². The number of hydrogen-bond donors (Lipinski definition) is 0. The van der Waals surface area contributed by atoms with Crippen LogP contribution in [0.5, 0.6) is 0 Å². The largest absolute Gasteiger partial charge is 0.334 e. The summed E-state index contributed by atoms with van der Waals surface area (Å²) >= 11 is 1.57. The number of pyridine rings is 1. The fourth-order valence-electron chi connectivity index (χ4n) is 3.72. The average Bonchev–Trinajstić information content (AvgIpc) is 3.20. The number of thiazole rings is 1. The van der Waals surface area contributed by atoms with E-state index in [1.807, 2.05) is 41.2 Å². The molecule has 1 amide bonds. The molecule has 0 spiro atoms. The molecule has 25 heavy (non-hydrogen) atoms. The van der Waals surface area contributed by atoms with Gasteiger partial charge in [-0.1, -0.05) is 6.07 Å². The van der Waals surface area contributed by atoms with E-state index in [1.54, 1.807) is 11.3 Å². The van der Waals surface area contributed by atoms with Gasteiger partial charge in [-0.3, -0.25) is 14.2 Å². The van der Waals surface area contributed by atoms with Crippen molar-refractivity contribution < 1.29 is 4.79 Å². The van der Waals surface area contributed by atoms with Gasteiger partial charge in [0.2, 0.25) is 0 Å². The second-order valence-electron chi connectivity index (χ2n) is 6.61. The van der Waals surface area contributed by atoms with Gasteiger partial charge in [-0.15, -0.1) is 11.3 Å². The smallest absolute Gasteiger partial charge is 0.273 e. The number of aromatic nitrogens is 3. The van der Waals surface area contributed by atoms with Crippen LogP contribution in [0.25, 0.3) is 4.96 Å². The third-order valence-electron chi connectivity index (χ3n) is 4.99. The zero-order valence-electron chi connectivity index (χ0n) is 14.4. The molecule has 3 aromatic heterocycles. The van der Waals surface area contributed by atoms with Crippen LogP contribution in [0, 0.1) is 6.92 Å². The normalized spacial score (nSPS) is 18.0. The van der Waals surface area contributed by atoms with Crippen LogP contribution in [0.4, 0.5) is 0 Å². The summed E-state index contributed by atoms with van der Waals surface area (Å²) in [6.45, 7) is 2.77. The van der Waals surface area contributed by atoms with Gasteiger partial charge in [-0.05, 0) is 51.2 Å². The third kappa shape index (κ3) is 3.18.